The van der Waals surface area contributed by atoms with Crippen molar-refractivity contribution in [1.82, 2.24) is 10.6 Å². The van der Waals surface area contributed by atoms with Crippen molar-refractivity contribution in [3.63, 3.8) is 0 Å². The van der Waals surface area contributed by atoms with Crippen LogP contribution in [0.15, 0.2) is 18.2 Å². The molecule has 114 valence electrons. The number of amides is 1. The van der Waals surface area contributed by atoms with Gasteiger partial charge in [-0.25, -0.2) is 0 Å². The molecule has 0 heterocycles. The number of rotatable bonds is 7. The molecular weight excluding hydrogens is 323 g/mol. The number of benzene rings is 1. The number of ether oxygens (including phenoxy) is 1. The van der Waals surface area contributed by atoms with Gasteiger partial charge in [0.05, 0.1) is 10.0 Å². The second-order valence-electron chi connectivity index (χ2n) is 3.98. The number of hydrogen-bond acceptors (Lipinski definition) is 3. The highest BCUT2D eigenvalue weighted by atomic mass is 35.5. The molecule has 1 unspecified atom stereocenters. The molecule has 0 radical (unpaired) electrons. The highest BCUT2D eigenvalue weighted by Crippen LogP contribution is 2.26. The first-order valence-corrected chi connectivity index (χ1v) is 6.90. The van der Waals surface area contributed by atoms with Crippen LogP contribution in [0.4, 0.5) is 0 Å². The van der Waals surface area contributed by atoms with Crippen molar-refractivity contribution in [2.75, 3.05) is 19.6 Å². The molecule has 0 bridgehead atoms. The minimum absolute atomic E-state index is 0. The fraction of sp³-hybridized carbons (Fsp3) is 0.462. The van der Waals surface area contributed by atoms with Crippen molar-refractivity contribution < 1.29 is 9.53 Å². The minimum atomic E-state index is -0.584. The van der Waals surface area contributed by atoms with Crippen molar-refractivity contribution in [3.05, 3.63) is 28.2 Å². The number of nitrogens with one attached hydrogen (secondary N) is 2. The van der Waals surface area contributed by atoms with Gasteiger partial charge in [0, 0.05) is 19.2 Å². The fourth-order valence-corrected chi connectivity index (χ4v) is 1.69. The second-order valence-corrected chi connectivity index (χ2v) is 4.79. The summed E-state index contributed by atoms with van der Waals surface area (Å²) in [5.74, 6) is 0.354. The third-order valence-corrected chi connectivity index (χ3v) is 3.16. The molecule has 0 aromatic heterocycles. The molecule has 0 saturated carbocycles. The third-order valence-electron chi connectivity index (χ3n) is 2.42. The van der Waals surface area contributed by atoms with E-state index in [1.165, 1.54) is 0 Å². The highest BCUT2D eigenvalue weighted by Gasteiger charge is 2.14. The molecule has 1 amide bonds. The molecule has 1 atom stereocenters. The van der Waals surface area contributed by atoms with E-state index in [9.17, 15) is 4.79 Å². The number of hydrogen-bond donors (Lipinski definition) is 2. The van der Waals surface area contributed by atoms with Gasteiger partial charge in [0.25, 0.3) is 5.91 Å². The van der Waals surface area contributed by atoms with Crippen molar-refractivity contribution in [3.8, 4) is 5.75 Å². The van der Waals surface area contributed by atoms with Crippen molar-refractivity contribution in [2.45, 2.75) is 20.0 Å². The maximum atomic E-state index is 11.7. The third kappa shape index (κ3) is 6.66. The van der Waals surface area contributed by atoms with Crippen LogP contribution in [0.1, 0.15) is 13.8 Å². The van der Waals surface area contributed by atoms with Gasteiger partial charge in [-0.3, -0.25) is 4.79 Å². The lowest BCUT2D eigenvalue weighted by Crippen LogP contribution is -2.39. The Morgan fingerprint density at radius 1 is 1.30 bits per heavy atom. The normalized spacial score (nSPS) is 11.4. The van der Waals surface area contributed by atoms with Crippen LogP contribution in [0.25, 0.3) is 0 Å². The van der Waals surface area contributed by atoms with Gasteiger partial charge in [-0.1, -0.05) is 30.1 Å². The Kier molecular flexibility index (Phi) is 9.76. The van der Waals surface area contributed by atoms with Crippen LogP contribution in [0, 0.1) is 0 Å². The van der Waals surface area contributed by atoms with E-state index in [4.69, 9.17) is 27.9 Å². The van der Waals surface area contributed by atoms with Gasteiger partial charge in [-0.2, -0.15) is 0 Å². The summed E-state index contributed by atoms with van der Waals surface area (Å²) in [5.41, 5.74) is 0. The van der Waals surface area contributed by atoms with E-state index in [1.54, 1.807) is 25.1 Å². The van der Waals surface area contributed by atoms with Crippen LogP contribution in [0.2, 0.25) is 10.0 Å². The summed E-state index contributed by atoms with van der Waals surface area (Å²) < 4.78 is 5.49. The number of carbonyl (C=O) groups excluding carboxylic acids is 1. The minimum Gasteiger partial charge on any atom is -0.481 e. The zero-order chi connectivity index (χ0) is 14.3. The molecule has 7 heteroatoms. The molecular formula is C13H19Cl3N2O2. The van der Waals surface area contributed by atoms with Crippen LogP contribution in [-0.2, 0) is 4.79 Å². The molecule has 4 nitrogen and oxygen atoms in total. The van der Waals surface area contributed by atoms with Gasteiger partial charge in [-0.05, 0) is 25.6 Å². The molecule has 0 saturated heterocycles. The average molecular weight is 342 g/mol. The first-order valence-electron chi connectivity index (χ1n) is 6.14. The maximum Gasteiger partial charge on any atom is 0.260 e. The topological polar surface area (TPSA) is 50.4 Å². The predicted molar refractivity (Wildman–Crippen MR) is 85.4 cm³/mol. The molecule has 2 N–H and O–H groups in total. The number of carbonyl (C=O) groups is 1. The molecule has 0 aliphatic rings. The summed E-state index contributed by atoms with van der Waals surface area (Å²) >= 11 is 11.7. The van der Waals surface area contributed by atoms with E-state index >= 15 is 0 Å². The molecule has 0 aliphatic carbocycles. The SMILES string of the molecule is CCNCCNC(=O)C(C)Oc1ccc(Cl)c(Cl)c1.Cl. The Labute approximate surface area is 135 Å². The van der Waals surface area contributed by atoms with Gasteiger partial charge in [0.15, 0.2) is 6.10 Å². The molecule has 0 spiro atoms. The first-order chi connectivity index (χ1) is 9.04. The van der Waals surface area contributed by atoms with Gasteiger partial charge < -0.3 is 15.4 Å². The monoisotopic (exact) mass is 340 g/mol. The Hall–Kier alpha value is -0.680. The van der Waals surface area contributed by atoms with Gasteiger partial charge in [0.1, 0.15) is 5.75 Å². The van der Waals surface area contributed by atoms with Crippen LogP contribution in [0.3, 0.4) is 0 Å². The predicted octanol–water partition coefficient (Wildman–Crippen LogP) is 2.91. The van der Waals surface area contributed by atoms with Crippen LogP contribution < -0.4 is 15.4 Å². The summed E-state index contributed by atoms with van der Waals surface area (Å²) in [6.07, 6.45) is -0.584. The van der Waals surface area contributed by atoms with Crippen LogP contribution >= 0.6 is 35.6 Å². The fourth-order valence-electron chi connectivity index (χ4n) is 1.40. The summed E-state index contributed by atoms with van der Waals surface area (Å²) in [6, 6.07) is 4.90. The van der Waals surface area contributed by atoms with Crippen molar-refractivity contribution >= 4 is 41.5 Å². The molecule has 0 aliphatic heterocycles. The molecule has 0 fully saturated rings. The zero-order valence-corrected chi connectivity index (χ0v) is 13.7. The lowest BCUT2D eigenvalue weighted by Gasteiger charge is -2.15. The van der Waals surface area contributed by atoms with Gasteiger partial charge in [-0.15, -0.1) is 12.4 Å². The molecule has 1 aromatic carbocycles. The number of halogens is 3. The Morgan fingerprint density at radius 2 is 2.00 bits per heavy atom. The van der Waals surface area contributed by atoms with Crippen molar-refractivity contribution in [2.24, 2.45) is 0 Å². The molecule has 20 heavy (non-hydrogen) atoms. The highest BCUT2D eigenvalue weighted by molar-refractivity contribution is 6.42. The van der Waals surface area contributed by atoms with E-state index in [0.29, 0.717) is 22.3 Å². The summed E-state index contributed by atoms with van der Waals surface area (Å²) in [7, 11) is 0. The standard InChI is InChI=1S/C13H18Cl2N2O2.ClH/c1-3-16-6-7-17-13(18)9(2)19-10-4-5-11(14)12(15)8-10;/h4-5,8-9,16H,3,6-7H2,1-2H3,(H,17,18);1H. The maximum absolute atomic E-state index is 11.7. The average Bonchev–Trinajstić information content (AvgIpc) is 2.38. The van der Waals surface area contributed by atoms with E-state index in [2.05, 4.69) is 10.6 Å². The van der Waals surface area contributed by atoms with Crippen LogP contribution in [0.5, 0.6) is 5.75 Å². The van der Waals surface area contributed by atoms with E-state index in [0.717, 1.165) is 13.1 Å². The summed E-state index contributed by atoms with van der Waals surface area (Å²) in [5, 5.41) is 6.75. The molecule has 1 aromatic rings. The van der Waals surface area contributed by atoms with E-state index < -0.39 is 6.10 Å². The van der Waals surface area contributed by atoms with Gasteiger partial charge in [0.2, 0.25) is 0 Å². The zero-order valence-electron chi connectivity index (χ0n) is 11.4. The molecule has 1 rings (SSSR count). The van der Waals surface area contributed by atoms with Crippen molar-refractivity contribution in [1.29, 1.82) is 0 Å². The van der Waals surface area contributed by atoms with Crippen LogP contribution in [-0.4, -0.2) is 31.6 Å². The quantitative estimate of drug-likeness (QED) is 0.750. The smallest absolute Gasteiger partial charge is 0.260 e. The lowest BCUT2D eigenvalue weighted by molar-refractivity contribution is -0.127. The van der Waals surface area contributed by atoms with E-state index in [1.807, 2.05) is 6.92 Å². The number of likely N-dealkylation sites (N-methyl/N-ethyl adjacent to an activating group) is 1. The Balaban J connectivity index is 0.00000361. The second kappa shape index (κ2) is 10.1. The Morgan fingerprint density at radius 3 is 2.60 bits per heavy atom. The summed E-state index contributed by atoms with van der Waals surface area (Å²) in [4.78, 5) is 11.7. The lowest BCUT2D eigenvalue weighted by atomic mass is 10.3. The Bertz CT molecular complexity index is 430. The summed E-state index contributed by atoms with van der Waals surface area (Å²) in [6.45, 7) is 5.89. The largest absolute Gasteiger partial charge is 0.481 e. The van der Waals surface area contributed by atoms with E-state index in [-0.39, 0.29) is 18.3 Å². The first kappa shape index (κ1) is 19.3. The van der Waals surface area contributed by atoms with Gasteiger partial charge >= 0.3 is 0 Å².